The van der Waals surface area contributed by atoms with Crippen LogP contribution >= 0.6 is 0 Å². The van der Waals surface area contributed by atoms with E-state index in [4.69, 9.17) is 9.15 Å². The highest BCUT2D eigenvalue weighted by Crippen LogP contribution is 2.37. The molecule has 2 amide bonds. The molecule has 0 saturated carbocycles. The average molecular weight is 626 g/mol. The number of fused-ring (bicyclic) bond motifs is 1. The van der Waals surface area contributed by atoms with Gasteiger partial charge in [0.05, 0.1) is 30.3 Å². The van der Waals surface area contributed by atoms with Gasteiger partial charge in [0, 0.05) is 28.5 Å². The van der Waals surface area contributed by atoms with Crippen molar-refractivity contribution < 1.29 is 31.9 Å². The second-order valence-electron chi connectivity index (χ2n) is 11.1. The van der Waals surface area contributed by atoms with Gasteiger partial charge < -0.3 is 14.5 Å². The zero-order valence-electron chi connectivity index (χ0n) is 24.6. The molecule has 0 radical (unpaired) electrons. The predicted octanol–water partition coefficient (Wildman–Crippen LogP) is 7.33. The van der Waals surface area contributed by atoms with Gasteiger partial charge in [-0.25, -0.2) is 14.8 Å². The Kier molecular flexibility index (Phi) is 7.92. The standard InChI is InChI=1S/C34H26F3N5O4/c1-19(2)26-13-20(15-38)14-28-30(26)46-32(41-28)22-9-7-21(8-10-22)31(43)40-17-24-18-42(33(44)45-24)29-12-11-23(16-39-29)25-5-3-4-6-27(25)34(35,36)37/h3-14,16,19,24H,17-18H2,1-2H3,(H,40,43)/t24-/m0/s1. The van der Waals surface area contributed by atoms with Crippen LogP contribution in [-0.4, -0.2) is 41.2 Å². The van der Waals surface area contributed by atoms with Crippen LogP contribution in [0.2, 0.25) is 0 Å². The van der Waals surface area contributed by atoms with Gasteiger partial charge in [-0.2, -0.15) is 18.4 Å². The quantitative estimate of drug-likeness (QED) is 0.201. The lowest BCUT2D eigenvalue weighted by molar-refractivity contribution is -0.137. The number of anilines is 1. The van der Waals surface area contributed by atoms with Crippen molar-refractivity contribution in [3.8, 4) is 28.7 Å². The first-order valence-electron chi connectivity index (χ1n) is 14.4. The van der Waals surface area contributed by atoms with Crippen molar-refractivity contribution in [1.29, 1.82) is 5.26 Å². The van der Waals surface area contributed by atoms with Gasteiger partial charge in [-0.1, -0.05) is 32.0 Å². The number of cyclic esters (lactones) is 1. The molecule has 1 fully saturated rings. The molecule has 2 aromatic heterocycles. The minimum atomic E-state index is -4.53. The summed E-state index contributed by atoms with van der Waals surface area (Å²) in [7, 11) is 0. The van der Waals surface area contributed by atoms with Gasteiger partial charge in [0.25, 0.3) is 5.91 Å². The third-order valence-electron chi connectivity index (χ3n) is 7.60. The molecule has 0 bridgehead atoms. The van der Waals surface area contributed by atoms with Crippen LogP contribution < -0.4 is 10.2 Å². The van der Waals surface area contributed by atoms with Crippen molar-refractivity contribution in [1.82, 2.24) is 15.3 Å². The second-order valence-corrected chi connectivity index (χ2v) is 11.1. The number of alkyl halides is 3. The fourth-order valence-corrected chi connectivity index (χ4v) is 5.25. The normalized spacial score (nSPS) is 14.8. The van der Waals surface area contributed by atoms with Gasteiger partial charge >= 0.3 is 12.3 Å². The Morgan fingerprint density at radius 3 is 2.50 bits per heavy atom. The van der Waals surface area contributed by atoms with Crippen LogP contribution in [0, 0.1) is 11.3 Å². The first-order valence-corrected chi connectivity index (χ1v) is 14.4. The summed E-state index contributed by atoms with van der Waals surface area (Å²) in [6.07, 6.45) is -4.60. The van der Waals surface area contributed by atoms with Crippen LogP contribution in [0.5, 0.6) is 0 Å². The van der Waals surface area contributed by atoms with E-state index in [0.717, 1.165) is 11.6 Å². The Bertz CT molecular complexity index is 1980. The molecule has 12 heteroatoms. The van der Waals surface area contributed by atoms with E-state index < -0.39 is 23.9 Å². The van der Waals surface area contributed by atoms with Crippen LogP contribution in [0.25, 0.3) is 33.7 Å². The van der Waals surface area contributed by atoms with Crippen LogP contribution in [0.3, 0.4) is 0 Å². The molecule has 1 atom stereocenters. The van der Waals surface area contributed by atoms with Crippen molar-refractivity contribution in [2.45, 2.75) is 32.0 Å². The monoisotopic (exact) mass is 625 g/mol. The first-order chi connectivity index (χ1) is 22.0. The minimum absolute atomic E-state index is 0.0185. The van der Waals surface area contributed by atoms with Crippen LogP contribution in [0.15, 0.2) is 83.4 Å². The van der Waals surface area contributed by atoms with Crippen molar-refractivity contribution in [3.63, 3.8) is 0 Å². The van der Waals surface area contributed by atoms with Gasteiger partial charge in [0.2, 0.25) is 5.89 Å². The lowest BCUT2D eigenvalue weighted by Gasteiger charge is -2.15. The van der Waals surface area contributed by atoms with E-state index in [2.05, 4.69) is 21.4 Å². The summed E-state index contributed by atoms with van der Waals surface area (Å²) < 4.78 is 51.7. The van der Waals surface area contributed by atoms with Gasteiger partial charge in [-0.3, -0.25) is 9.69 Å². The highest BCUT2D eigenvalue weighted by Gasteiger charge is 2.35. The number of rotatable bonds is 7. The van der Waals surface area contributed by atoms with Crippen LogP contribution in [0.1, 0.15) is 46.8 Å². The Morgan fingerprint density at radius 1 is 1.09 bits per heavy atom. The number of carbonyl (C=O) groups is 2. The number of aromatic nitrogens is 2. The molecule has 1 aliphatic heterocycles. The Balaban J connectivity index is 1.08. The lowest BCUT2D eigenvalue weighted by atomic mass is 10.00. The molecule has 0 spiro atoms. The number of hydrogen-bond donors (Lipinski definition) is 1. The van der Waals surface area contributed by atoms with Gasteiger partial charge in [0.15, 0.2) is 5.58 Å². The molecule has 46 heavy (non-hydrogen) atoms. The summed E-state index contributed by atoms with van der Waals surface area (Å²) in [6.45, 7) is 4.14. The van der Waals surface area contributed by atoms with Crippen molar-refractivity contribution in [3.05, 3.63) is 101 Å². The van der Waals surface area contributed by atoms with E-state index in [1.807, 2.05) is 13.8 Å². The molecule has 1 aliphatic rings. The Labute approximate surface area is 261 Å². The molecular weight excluding hydrogens is 599 g/mol. The number of benzene rings is 3. The molecule has 3 heterocycles. The summed E-state index contributed by atoms with van der Waals surface area (Å²) >= 11 is 0. The number of nitriles is 1. The fraction of sp³-hybridized carbons (Fsp3) is 0.206. The zero-order valence-corrected chi connectivity index (χ0v) is 24.6. The number of nitrogens with one attached hydrogen (secondary N) is 1. The zero-order chi connectivity index (χ0) is 32.6. The molecule has 0 unspecified atom stereocenters. The van der Waals surface area contributed by atoms with Gasteiger partial charge in [-0.05, 0) is 66.1 Å². The third kappa shape index (κ3) is 5.99. The summed E-state index contributed by atoms with van der Waals surface area (Å²) in [5.74, 6) is 0.319. The summed E-state index contributed by atoms with van der Waals surface area (Å²) in [6, 6.07) is 20.4. The van der Waals surface area contributed by atoms with E-state index in [1.165, 1.54) is 41.4 Å². The average Bonchev–Trinajstić information content (AvgIpc) is 3.66. The summed E-state index contributed by atoms with van der Waals surface area (Å²) in [5.41, 5.74) is 3.06. The Morgan fingerprint density at radius 2 is 1.83 bits per heavy atom. The largest absolute Gasteiger partial charge is 0.442 e. The molecular formula is C34H26F3N5O4. The molecule has 3 aromatic carbocycles. The Hall–Kier alpha value is -5.70. The molecule has 232 valence electrons. The number of nitrogens with zero attached hydrogens (tertiary/aromatic N) is 4. The predicted molar refractivity (Wildman–Crippen MR) is 163 cm³/mol. The maximum atomic E-state index is 13.4. The number of halogens is 3. The molecule has 5 aromatic rings. The van der Waals surface area contributed by atoms with Crippen molar-refractivity contribution in [2.75, 3.05) is 18.0 Å². The van der Waals surface area contributed by atoms with Gasteiger partial charge in [0.1, 0.15) is 17.4 Å². The van der Waals surface area contributed by atoms with E-state index in [0.29, 0.717) is 33.7 Å². The van der Waals surface area contributed by atoms with E-state index in [1.54, 1.807) is 36.4 Å². The lowest BCUT2D eigenvalue weighted by Crippen LogP contribution is -2.34. The van der Waals surface area contributed by atoms with E-state index in [-0.39, 0.29) is 41.9 Å². The number of oxazole rings is 1. The fourth-order valence-electron chi connectivity index (χ4n) is 5.25. The highest BCUT2D eigenvalue weighted by molar-refractivity contribution is 5.95. The first kappa shape index (κ1) is 30.3. The minimum Gasteiger partial charge on any atom is -0.442 e. The summed E-state index contributed by atoms with van der Waals surface area (Å²) in [4.78, 5) is 35.4. The smallest absolute Gasteiger partial charge is 0.417 e. The molecule has 1 N–H and O–H groups in total. The number of carbonyl (C=O) groups excluding carboxylic acids is 2. The van der Waals surface area contributed by atoms with Crippen LogP contribution in [-0.2, 0) is 10.9 Å². The number of ether oxygens (including phenoxy) is 1. The SMILES string of the molecule is CC(C)c1cc(C#N)cc2nc(-c3ccc(C(=O)NC[C@H]4CN(c5ccc(-c6ccccc6C(F)(F)F)cn5)C(=O)O4)cc3)oc12. The summed E-state index contributed by atoms with van der Waals surface area (Å²) in [5, 5.41) is 12.1. The topological polar surface area (TPSA) is 121 Å². The van der Waals surface area contributed by atoms with Crippen molar-refractivity contribution >= 4 is 28.9 Å². The molecule has 9 nitrogen and oxygen atoms in total. The second kappa shape index (κ2) is 12.0. The highest BCUT2D eigenvalue weighted by atomic mass is 19.4. The van der Waals surface area contributed by atoms with E-state index in [9.17, 15) is 28.0 Å². The number of pyridine rings is 1. The number of hydrogen-bond acceptors (Lipinski definition) is 7. The van der Waals surface area contributed by atoms with Crippen LogP contribution in [0.4, 0.5) is 23.8 Å². The molecule has 0 aliphatic carbocycles. The maximum Gasteiger partial charge on any atom is 0.417 e. The van der Waals surface area contributed by atoms with Gasteiger partial charge in [-0.15, -0.1) is 0 Å². The van der Waals surface area contributed by atoms with E-state index >= 15 is 0 Å². The molecule has 1 saturated heterocycles. The third-order valence-corrected chi connectivity index (χ3v) is 7.60. The number of amides is 2. The maximum absolute atomic E-state index is 13.4. The van der Waals surface area contributed by atoms with Crippen molar-refractivity contribution in [2.24, 2.45) is 0 Å². The molecule has 6 rings (SSSR count).